The average molecular weight is 544 g/mol. The first kappa shape index (κ1) is 26.5. The standard InChI is InChI=1S/C24H29BrCl2N2O3/c1-5-21(24(31)28-6-2)29(13-17-7-9-18(26)12-20(17)27)23(30)14-32-22-10-8-16(15(3)4)11-19(22)25/h7-12,15,21H,5-6,13-14H2,1-4H3,(H,28,31)/t21-/m1/s1. The third-order valence-electron chi connectivity index (χ3n) is 5.07. The minimum Gasteiger partial charge on any atom is -0.483 e. The van der Waals surface area contributed by atoms with Crippen LogP contribution in [0.3, 0.4) is 0 Å². The lowest BCUT2D eigenvalue weighted by Gasteiger charge is -2.30. The minimum absolute atomic E-state index is 0.168. The topological polar surface area (TPSA) is 58.6 Å². The molecule has 1 atom stereocenters. The van der Waals surface area contributed by atoms with Gasteiger partial charge in [0.1, 0.15) is 11.8 Å². The van der Waals surface area contributed by atoms with E-state index in [1.165, 1.54) is 4.90 Å². The van der Waals surface area contributed by atoms with Crippen molar-refractivity contribution in [2.24, 2.45) is 0 Å². The molecule has 174 valence electrons. The lowest BCUT2D eigenvalue weighted by atomic mass is 10.0. The molecule has 0 radical (unpaired) electrons. The molecule has 2 aromatic rings. The Hall–Kier alpha value is -1.76. The van der Waals surface area contributed by atoms with Crippen molar-refractivity contribution in [2.45, 2.75) is 52.6 Å². The van der Waals surface area contributed by atoms with E-state index >= 15 is 0 Å². The number of halogens is 3. The van der Waals surface area contributed by atoms with Crippen LogP contribution in [0.25, 0.3) is 0 Å². The summed E-state index contributed by atoms with van der Waals surface area (Å²) in [6.45, 7) is 8.36. The summed E-state index contributed by atoms with van der Waals surface area (Å²) >= 11 is 15.9. The third-order valence-corrected chi connectivity index (χ3v) is 6.27. The van der Waals surface area contributed by atoms with Crippen LogP contribution < -0.4 is 10.1 Å². The number of nitrogens with one attached hydrogen (secondary N) is 1. The van der Waals surface area contributed by atoms with Crippen LogP contribution in [0.4, 0.5) is 0 Å². The van der Waals surface area contributed by atoms with Crippen molar-refractivity contribution in [2.75, 3.05) is 13.2 Å². The summed E-state index contributed by atoms with van der Waals surface area (Å²) < 4.78 is 6.59. The van der Waals surface area contributed by atoms with Gasteiger partial charge < -0.3 is 15.0 Å². The van der Waals surface area contributed by atoms with Gasteiger partial charge in [-0.1, -0.05) is 56.1 Å². The number of likely N-dealkylation sites (N-methyl/N-ethyl adjacent to an activating group) is 1. The first-order valence-electron chi connectivity index (χ1n) is 10.6. The molecular formula is C24H29BrCl2N2O3. The first-order chi connectivity index (χ1) is 15.2. The molecule has 1 N–H and O–H groups in total. The van der Waals surface area contributed by atoms with Gasteiger partial charge in [-0.05, 0) is 70.6 Å². The predicted molar refractivity (Wildman–Crippen MR) is 134 cm³/mol. The Kier molecular flexibility index (Phi) is 10.3. The SMILES string of the molecule is CCNC(=O)[C@@H](CC)N(Cc1ccc(Cl)cc1Cl)C(=O)COc1ccc(C(C)C)cc1Br. The van der Waals surface area contributed by atoms with E-state index in [1.54, 1.807) is 18.2 Å². The van der Waals surface area contributed by atoms with E-state index in [0.717, 1.165) is 10.0 Å². The van der Waals surface area contributed by atoms with E-state index in [-0.39, 0.29) is 25.0 Å². The Morgan fingerprint density at radius 2 is 1.84 bits per heavy atom. The Morgan fingerprint density at radius 1 is 1.12 bits per heavy atom. The maximum Gasteiger partial charge on any atom is 0.261 e. The molecule has 0 aliphatic rings. The predicted octanol–water partition coefficient (Wildman–Crippen LogP) is 6.20. The Bertz CT molecular complexity index is 953. The Labute approximate surface area is 208 Å². The van der Waals surface area contributed by atoms with Gasteiger partial charge in [-0.25, -0.2) is 0 Å². The molecular weight excluding hydrogens is 515 g/mol. The smallest absolute Gasteiger partial charge is 0.261 e. The molecule has 0 bridgehead atoms. The van der Waals surface area contributed by atoms with Crippen LogP contribution in [0.15, 0.2) is 40.9 Å². The maximum absolute atomic E-state index is 13.2. The minimum atomic E-state index is -0.649. The molecule has 0 spiro atoms. The largest absolute Gasteiger partial charge is 0.483 e. The highest BCUT2D eigenvalue weighted by atomic mass is 79.9. The number of rotatable bonds is 10. The van der Waals surface area contributed by atoms with Crippen LogP contribution in [-0.2, 0) is 16.1 Å². The first-order valence-corrected chi connectivity index (χ1v) is 12.2. The molecule has 32 heavy (non-hydrogen) atoms. The van der Waals surface area contributed by atoms with Gasteiger partial charge in [0.15, 0.2) is 6.61 Å². The molecule has 0 heterocycles. The third kappa shape index (κ3) is 7.12. The number of benzene rings is 2. The zero-order valence-electron chi connectivity index (χ0n) is 18.8. The second-order valence-electron chi connectivity index (χ2n) is 7.71. The number of ether oxygens (including phenoxy) is 1. The van der Waals surface area contributed by atoms with Gasteiger partial charge in [0.05, 0.1) is 4.47 Å². The summed E-state index contributed by atoms with van der Waals surface area (Å²) in [5.41, 5.74) is 1.87. The summed E-state index contributed by atoms with van der Waals surface area (Å²) in [7, 11) is 0. The number of amides is 2. The molecule has 8 heteroatoms. The molecule has 2 amide bonds. The lowest BCUT2D eigenvalue weighted by molar-refractivity contribution is -0.142. The van der Waals surface area contributed by atoms with Gasteiger partial charge >= 0.3 is 0 Å². The summed E-state index contributed by atoms with van der Waals surface area (Å²) in [6.07, 6.45) is 0.454. The zero-order valence-corrected chi connectivity index (χ0v) is 21.9. The molecule has 0 aliphatic heterocycles. The number of carbonyl (C=O) groups is 2. The van der Waals surface area contributed by atoms with Crippen molar-refractivity contribution in [3.8, 4) is 5.75 Å². The van der Waals surface area contributed by atoms with E-state index < -0.39 is 6.04 Å². The van der Waals surface area contributed by atoms with E-state index in [0.29, 0.717) is 40.2 Å². The molecule has 0 saturated carbocycles. The van der Waals surface area contributed by atoms with Gasteiger partial charge in [0, 0.05) is 23.1 Å². The monoisotopic (exact) mass is 542 g/mol. The average Bonchev–Trinajstić information content (AvgIpc) is 2.74. The van der Waals surface area contributed by atoms with Crippen LogP contribution in [0, 0.1) is 0 Å². The van der Waals surface area contributed by atoms with Crippen molar-refractivity contribution in [3.63, 3.8) is 0 Å². The molecule has 0 fully saturated rings. The van der Waals surface area contributed by atoms with Crippen molar-refractivity contribution in [1.29, 1.82) is 0 Å². The van der Waals surface area contributed by atoms with Gasteiger partial charge in [-0.15, -0.1) is 0 Å². The highest BCUT2D eigenvalue weighted by Gasteiger charge is 2.29. The van der Waals surface area contributed by atoms with Crippen molar-refractivity contribution in [3.05, 3.63) is 62.0 Å². The van der Waals surface area contributed by atoms with Gasteiger partial charge in [0.2, 0.25) is 5.91 Å². The quantitative estimate of drug-likeness (QED) is 0.388. The van der Waals surface area contributed by atoms with Crippen molar-refractivity contribution < 1.29 is 14.3 Å². The maximum atomic E-state index is 13.2. The zero-order chi connectivity index (χ0) is 23.8. The van der Waals surface area contributed by atoms with E-state index in [4.69, 9.17) is 27.9 Å². The van der Waals surface area contributed by atoms with Crippen LogP contribution in [0.2, 0.25) is 10.0 Å². The normalized spacial score (nSPS) is 11.9. The van der Waals surface area contributed by atoms with Crippen LogP contribution in [-0.4, -0.2) is 35.9 Å². The molecule has 2 rings (SSSR count). The molecule has 2 aromatic carbocycles. The summed E-state index contributed by atoms with van der Waals surface area (Å²) in [5.74, 6) is 0.423. The molecule has 0 saturated heterocycles. The second kappa shape index (κ2) is 12.5. The van der Waals surface area contributed by atoms with Crippen LogP contribution in [0.5, 0.6) is 5.75 Å². The second-order valence-corrected chi connectivity index (χ2v) is 9.41. The van der Waals surface area contributed by atoms with Gasteiger partial charge in [-0.3, -0.25) is 9.59 Å². The van der Waals surface area contributed by atoms with E-state index in [1.807, 2.05) is 32.0 Å². The summed E-state index contributed by atoms with van der Waals surface area (Å²) in [6, 6.07) is 10.2. The van der Waals surface area contributed by atoms with Crippen molar-refractivity contribution >= 4 is 50.9 Å². The highest BCUT2D eigenvalue weighted by Crippen LogP contribution is 2.29. The fourth-order valence-corrected chi connectivity index (χ4v) is 4.24. The molecule has 0 aromatic heterocycles. The fraction of sp³-hybridized carbons (Fsp3) is 0.417. The van der Waals surface area contributed by atoms with Gasteiger partial charge in [-0.2, -0.15) is 0 Å². The number of nitrogens with zero attached hydrogens (tertiary/aromatic N) is 1. The van der Waals surface area contributed by atoms with E-state index in [9.17, 15) is 9.59 Å². The molecule has 5 nitrogen and oxygen atoms in total. The van der Waals surface area contributed by atoms with Gasteiger partial charge in [0.25, 0.3) is 5.91 Å². The summed E-state index contributed by atoms with van der Waals surface area (Å²) in [5, 5.41) is 3.75. The fourth-order valence-electron chi connectivity index (χ4n) is 3.26. The Morgan fingerprint density at radius 3 is 2.41 bits per heavy atom. The molecule has 0 unspecified atom stereocenters. The van der Waals surface area contributed by atoms with E-state index in [2.05, 4.69) is 35.1 Å². The van der Waals surface area contributed by atoms with Crippen LogP contribution >= 0.6 is 39.1 Å². The van der Waals surface area contributed by atoms with Crippen molar-refractivity contribution in [1.82, 2.24) is 10.2 Å². The van der Waals surface area contributed by atoms with Crippen LogP contribution in [0.1, 0.15) is 51.2 Å². The summed E-state index contributed by atoms with van der Waals surface area (Å²) in [4.78, 5) is 27.4. The number of hydrogen-bond acceptors (Lipinski definition) is 3. The molecule has 0 aliphatic carbocycles. The highest BCUT2D eigenvalue weighted by molar-refractivity contribution is 9.10. The number of carbonyl (C=O) groups excluding carboxylic acids is 2. The Balaban J connectivity index is 2.25. The number of hydrogen-bond donors (Lipinski definition) is 1. The lowest BCUT2D eigenvalue weighted by Crippen LogP contribution is -2.50.